The summed E-state index contributed by atoms with van der Waals surface area (Å²) in [6, 6.07) is 16.4. The molecule has 0 saturated heterocycles. The first-order chi connectivity index (χ1) is 13.5. The molecular formula is C21H17Cl2FN2O2. The number of rotatable bonds is 6. The monoisotopic (exact) mass is 418 g/mol. The molecule has 0 aliphatic heterocycles. The maximum atomic E-state index is 14.3. The van der Waals surface area contributed by atoms with Gasteiger partial charge in [0.2, 0.25) is 0 Å². The Bertz CT molecular complexity index is 949. The molecule has 0 fully saturated rings. The Balaban J connectivity index is 1.90. The molecule has 0 N–H and O–H groups in total. The summed E-state index contributed by atoms with van der Waals surface area (Å²) in [4.78, 5) is 18.7. The minimum atomic E-state index is -0.882. The minimum absolute atomic E-state index is 0.0857. The molecular weight excluding hydrogens is 402 g/mol. The quantitative estimate of drug-likeness (QED) is 0.528. The number of anilines is 1. The zero-order valence-electron chi connectivity index (χ0n) is 15.0. The van der Waals surface area contributed by atoms with Crippen LogP contribution in [0.1, 0.15) is 12.5 Å². The third kappa shape index (κ3) is 4.61. The SMILES string of the molecule is C[C@@H](Oc1ccccc1Cl)C(=O)N(Cc1c(F)cccc1Cl)c1ccccn1. The van der Waals surface area contributed by atoms with Gasteiger partial charge in [0, 0.05) is 16.8 Å². The van der Waals surface area contributed by atoms with Crippen molar-refractivity contribution in [1.82, 2.24) is 4.98 Å². The van der Waals surface area contributed by atoms with Crippen LogP contribution in [0.5, 0.6) is 5.75 Å². The average molecular weight is 419 g/mol. The van der Waals surface area contributed by atoms with E-state index in [1.807, 2.05) is 0 Å². The number of benzene rings is 2. The van der Waals surface area contributed by atoms with Gasteiger partial charge >= 0.3 is 0 Å². The summed E-state index contributed by atoms with van der Waals surface area (Å²) in [6.07, 6.45) is 0.672. The highest BCUT2D eigenvalue weighted by Crippen LogP contribution is 2.27. The minimum Gasteiger partial charge on any atom is -0.479 e. The largest absolute Gasteiger partial charge is 0.479 e. The molecule has 0 spiro atoms. The molecule has 28 heavy (non-hydrogen) atoms. The van der Waals surface area contributed by atoms with Crippen LogP contribution in [0.25, 0.3) is 0 Å². The lowest BCUT2D eigenvalue weighted by Gasteiger charge is -2.26. The van der Waals surface area contributed by atoms with Crippen LogP contribution in [0, 0.1) is 5.82 Å². The molecule has 3 aromatic rings. The summed E-state index contributed by atoms with van der Waals surface area (Å²) in [6.45, 7) is 1.52. The van der Waals surface area contributed by atoms with Crippen LogP contribution in [0.15, 0.2) is 66.9 Å². The molecule has 0 bridgehead atoms. The van der Waals surface area contributed by atoms with Crippen LogP contribution in [0.3, 0.4) is 0 Å². The molecule has 4 nitrogen and oxygen atoms in total. The van der Waals surface area contributed by atoms with E-state index in [-0.39, 0.29) is 17.1 Å². The second kappa shape index (κ2) is 9.04. The van der Waals surface area contributed by atoms with Crippen LogP contribution >= 0.6 is 23.2 Å². The number of pyridine rings is 1. The highest BCUT2D eigenvalue weighted by molar-refractivity contribution is 6.32. The number of amides is 1. The fourth-order valence-corrected chi connectivity index (χ4v) is 3.03. The average Bonchev–Trinajstić information content (AvgIpc) is 2.70. The molecule has 7 heteroatoms. The predicted molar refractivity (Wildman–Crippen MR) is 108 cm³/mol. The van der Waals surface area contributed by atoms with E-state index in [2.05, 4.69) is 4.98 Å². The van der Waals surface area contributed by atoms with Gasteiger partial charge in [-0.05, 0) is 43.3 Å². The molecule has 1 amide bonds. The summed E-state index contributed by atoms with van der Waals surface area (Å²) in [7, 11) is 0. The standard InChI is InChI=1S/C21H17Cl2FN2O2/c1-14(28-19-10-3-2-7-17(19)23)21(27)26(20-11-4-5-12-25-20)13-15-16(22)8-6-9-18(15)24/h2-12,14H,13H2,1H3/t14-/m1/s1. The molecule has 0 aliphatic carbocycles. The third-order valence-electron chi connectivity index (χ3n) is 4.06. The first-order valence-corrected chi connectivity index (χ1v) is 9.29. The maximum absolute atomic E-state index is 14.3. The Morgan fingerprint density at radius 2 is 1.79 bits per heavy atom. The van der Waals surface area contributed by atoms with Crippen molar-refractivity contribution in [1.29, 1.82) is 0 Å². The van der Waals surface area contributed by atoms with Crippen LogP contribution in [-0.2, 0) is 11.3 Å². The molecule has 1 heterocycles. The van der Waals surface area contributed by atoms with E-state index < -0.39 is 17.8 Å². The Morgan fingerprint density at radius 3 is 2.46 bits per heavy atom. The van der Waals surface area contributed by atoms with Crippen molar-refractivity contribution in [3.63, 3.8) is 0 Å². The first-order valence-electron chi connectivity index (χ1n) is 8.54. The van der Waals surface area contributed by atoms with Gasteiger partial charge in [0.15, 0.2) is 6.10 Å². The summed E-state index contributed by atoms with van der Waals surface area (Å²) >= 11 is 12.3. The zero-order valence-corrected chi connectivity index (χ0v) is 16.5. The Kier molecular flexibility index (Phi) is 6.49. The van der Waals surface area contributed by atoms with Crippen molar-refractivity contribution in [3.8, 4) is 5.75 Å². The van der Waals surface area contributed by atoms with E-state index in [0.29, 0.717) is 16.6 Å². The van der Waals surface area contributed by atoms with Gasteiger partial charge in [-0.25, -0.2) is 9.37 Å². The van der Waals surface area contributed by atoms with Crippen molar-refractivity contribution < 1.29 is 13.9 Å². The van der Waals surface area contributed by atoms with Gasteiger partial charge < -0.3 is 4.74 Å². The topological polar surface area (TPSA) is 42.4 Å². The van der Waals surface area contributed by atoms with Gasteiger partial charge in [-0.3, -0.25) is 9.69 Å². The predicted octanol–water partition coefficient (Wildman–Crippen LogP) is 5.53. The lowest BCUT2D eigenvalue weighted by molar-refractivity contribution is -0.124. The number of carbonyl (C=O) groups excluding carboxylic acids is 1. The van der Waals surface area contributed by atoms with E-state index >= 15 is 0 Å². The molecule has 1 atom stereocenters. The highest BCUT2D eigenvalue weighted by atomic mass is 35.5. The number of hydrogen-bond donors (Lipinski definition) is 0. The summed E-state index contributed by atoms with van der Waals surface area (Å²) < 4.78 is 20.0. The lowest BCUT2D eigenvalue weighted by Crippen LogP contribution is -2.41. The number of nitrogens with zero attached hydrogens (tertiary/aromatic N) is 2. The molecule has 1 aromatic heterocycles. The zero-order chi connectivity index (χ0) is 20.1. The summed E-state index contributed by atoms with van der Waals surface area (Å²) in [5, 5.41) is 0.622. The van der Waals surface area contributed by atoms with Gasteiger partial charge in [0.05, 0.1) is 11.6 Å². The van der Waals surface area contributed by atoms with Crippen LogP contribution in [0.4, 0.5) is 10.2 Å². The number of hydrogen-bond acceptors (Lipinski definition) is 3. The van der Waals surface area contributed by atoms with E-state index in [1.54, 1.807) is 61.7 Å². The molecule has 0 radical (unpaired) electrons. The summed E-state index contributed by atoms with van der Waals surface area (Å²) in [5.41, 5.74) is 0.202. The van der Waals surface area contributed by atoms with Gasteiger partial charge in [0.25, 0.3) is 5.91 Å². The smallest absolute Gasteiger partial charge is 0.269 e. The number of aromatic nitrogens is 1. The lowest BCUT2D eigenvalue weighted by atomic mass is 10.1. The molecule has 0 saturated carbocycles. The van der Waals surface area contributed by atoms with E-state index in [9.17, 15) is 9.18 Å². The van der Waals surface area contributed by atoms with E-state index in [1.165, 1.54) is 17.0 Å². The van der Waals surface area contributed by atoms with Crippen molar-refractivity contribution in [2.75, 3.05) is 4.90 Å². The van der Waals surface area contributed by atoms with Crippen molar-refractivity contribution >= 4 is 34.9 Å². The van der Waals surface area contributed by atoms with Crippen LogP contribution in [0.2, 0.25) is 10.0 Å². The van der Waals surface area contributed by atoms with E-state index in [4.69, 9.17) is 27.9 Å². The number of ether oxygens (including phenoxy) is 1. The van der Waals surface area contributed by atoms with E-state index in [0.717, 1.165) is 0 Å². The summed E-state index contributed by atoms with van der Waals surface area (Å²) in [5.74, 6) is -0.157. The molecule has 144 valence electrons. The Hall–Kier alpha value is -2.63. The van der Waals surface area contributed by atoms with Gasteiger partial charge in [-0.2, -0.15) is 0 Å². The van der Waals surface area contributed by atoms with Crippen LogP contribution < -0.4 is 9.64 Å². The number of halogens is 3. The second-order valence-electron chi connectivity index (χ2n) is 6.00. The van der Waals surface area contributed by atoms with Crippen LogP contribution in [-0.4, -0.2) is 17.0 Å². The fraction of sp³-hybridized carbons (Fsp3) is 0.143. The van der Waals surface area contributed by atoms with Gasteiger partial charge in [0.1, 0.15) is 17.4 Å². The Labute approximate surface area is 172 Å². The van der Waals surface area contributed by atoms with Gasteiger partial charge in [-0.1, -0.05) is 47.5 Å². The number of para-hydroxylation sites is 1. The molecule has 0 aliphatic rings. The first kappa shape index (κ1) is 20.1. The van der Waals surface area contributed by atoms with Crippen molar-refractivity contribution in [3.05, 3.63) is 88.3 Å². The normalized spacial score (nSPS) is 11.7. The number of carbonyl (C=O) groups is 1. The van der Waals surface area contributed by atoms with Gasteiger partial charge in [-0.15, -0.1) is 0 Å². The van der Waals surface area contributed by atoms with Crippen molar-refractivity contribution in [2.24, 2.45) is 0 Å². The molecule has 0 unspecified atom stereocenters. The molecule has 3 rings (SSSR count). The maximum Gasteiger partial charge on any atom is 0.269 e. The Morgan fingerprint density at radius 1 is 1.07 bits per heavy atom. The molecule has 2 aromatic carbocycles. The second-order valence-corrected chi connectivity index (χ2v) is 6.82. The fourth-order valence-electron chi connectivity index (χ4n) is 2.63. The highest BCUT2D eigenvalue weighted by Gasteiger charge is 2.26. The van der Waals surface area contributed by atoms with Crippen molar-refractivity contribution in [2.45, 2.75) is 19.6 Å². The third-order valence-corrected chi connectivity index (χ3v) is 4.72.